The van der Waals surface area contributed by atoms with Gasteiger partial charge in [-0.3, -0.25) is 4.84 Å². The average Bonchev–Trinajstić information content (AvgIpc) is 1.88. The molecule has 3 nitrogen and oxygen atoms in total. The van der Waals surface area contributed by atoms with Crippen LogP contribution in [0.5, 0.6) is 0 Å². The summed E-state index contributed by atoms with van der Waals surface area (Å²) >= 11 is 0. The lowest BCUT2D eigenvalue weighted by Crippen LogP contribution is -2.25. The molecule has 0 radical (unpaired) electrons. The molecule has 1 N–H and O–H groups in total. The Balaban J connectivity index is 3.18. The molecule has 0 saturated heterocycles. The zero-order valence-electron chi connectivity index (χ0n) is 6.13. The molecular formula is C6H15NO2. The van der Waals surface area contributed by atoms with Crippen molar-refractivity contribution in [3.63, 3.8) is 0 Å². The second-order valence-corrected chi connectivity index (χ2v) is 1.76. The van der Waals surface area contributed by atoms with Crippen molar-refractivity contribution in [3.05, 3.63) is 0 Å². The van der Waals surface area contributed by atoms with Gasteiger partial charge in [0.05, 0.1) is 6.61 Å². The third kappa shape index (κ3) is 4.39. The molecule has 0 bridgehead atoms. The van der Waals surface area contributed by atoms with Crippen LogP contribution in [-0.2, 0) is 4.84 Å². The fraction of sp³-hybridized carbons (Fsp3) is 1.00. The average molecular weight is 133 g/mol. The van der Waals surface area contributed by atoms with Gasteiger partial charge in [0.1, 0.15) is 6.73 Å². The number of aliphatic hydroxyl groups is 1. The van der Waals surface area contributed by atoms with Crippen LogP contribution in [0.15, 0.2) is 0 Å². The highest BCUT2D eigenvalue weighted by Crippen LogP contribution is 1.89. The number of rotatable bonds is 5. The summed E-state index contributed by atoms with van der Waals surface area (Å²) in [6, 6.07) is 0. The Bertz CT molecular complexity index is 53.0. The maximum atomic E-state index is 8.59. The topological polar surface area (TPSA) is 32.7 Å². The van der Waals surface area contributed by atoms with E-state index in [1.165, 1.54) is 0 Å². The normalized spacial score (nSPS) is 10.7. The Morgan fingerprint density at radius 3 is 2.44 bits per heavy atom. The first kappa shape index (κ1) is 8.88. The minimum absolute atomic E-state index is 0.0122. The van der Waals surface area contributed by atoms with Crippen LogP contribution in [0.1, 0.15) is 20.3 Å². The third-order valence-electron chi connectivity index (χ3n) is 0.942. The molecule has 0 fully saturated rings. The van der Waals surface area contributed by atoms with E-state index >= 15 is 0 Å². The monoisotopic (exact) mass is 133 g/mol. The van der Waals surface area contributed by atoms with Crippen LogP contribution in [-0.4, -0.2) is 30.1 Å². The molecule has 0 amide bonds. The minimum Gasteiger partial charge on any atom is -0.379 e. The molecule has 56 valence electrons. The van der Waals surface area contributed by atoms with Crippen LogP contribution in [0.3, 0.4) is 0 Å². The fourth-order valence-corrected chi connectivity index (χ4v) is 0.608. The molecule has 0 aliphatic rings. The van der Waals surface area contributed by atoms with Crippen molar-refractivity contribution in [3.8, 4) is 0 Å². The molecule has 0 aromatic carbocycles. The number of hydrogen-bond donors (Lipinski definition) is 1. The van der Waals surface area contributed by atoms with Crippen LogP contribution in [0.2, 0.25) is 0 Å². The molecule has 0 aliphatic carbocycles. The first-order chi connectivity index (χ1) is 4.35. The molecule has 0 aromatic heterocycles. The SMILES string of the molecule is CCCN(CO)OCC. The van der Waals surface area contributed by atoms with Crippen molar-refractivity contribution in [1.82, 2.24) is 5.06 Å². The van der Waals surface area contributed by atoms with E-state index < -0.39 is 0 Å². The summed E-state index contributed by atoms with van der Waals surface area (Å²) in [7, 11) is 0. The summed E-state index contributed by atoms with van der Waals surface area (Å²) in [5.41, 5.74) is 0. The number of nitrogens with zero attached hydrogens (tertiary/aromatic N) is 1. The molecule has 0 saturated carbocycles. The van der Waals surface area contributed by atoms with Crippen molar-refractivity contribution < 1.29 is 9.94 Å². The van der Waals surface area contributed by atoms with Crippen LogP contribution >= 0.6 is 0 Å². The molecule has 3 heteroatoms. The lowest BCUT2D eigenvalue weighted by molar-refractivity contribution is -0.192. The van der Waals surface area contributed by atoms with E-state index in [9.17, 15) is 0 Å². The van der Waals surface area contributed by atoms with Crippen molar-refractivity contribution in [2.45, 2.75) is 20.3 Å². The van der Waals surface area contributed by atoms with E-state index in [4.69, 9.17) is 9.94 Å². The van der Waals surface area contributed by atoms with Crippen molar-refractivity contribution in [1.29, 1.82) is 0 Å². The van der Waals surface area contributed by atoms with Crippen LogP contribution < -0.4 is 0 Å². The highest BCUT2D eigenvalue weighted by atomic mass is 16.7. The summed E-state index contributed by atoms with van der Waals surface area (Å²) in [4.78, 5) is 5.01. The van der Waals surface area contributed by atoms with Gasteiger partial charge in [0.25, 0.3) is 0 Å². The second kappa shape index (κ2) is 6.01. The highest BCUT2D eigenvalue weighted by Gasteiger charge is 1.97. The lowest BCUT2D eigenvalue weighted by Gasteiger charge is -2.16. The van der Waals surface area contributed by atoms with E-state index in [-0.39, 0.29) is 6.73 Å². The van der Waals surface area contributed by atoms with Gasteiger partial charge in [0, 0.05) is 6.54 Å². The first-order valence-electron chi connectivity index (χ1n) is 3.33. The largest absolute Gasteiger partial charge is 0.379 e. The minimum atomic E-state index is -0.0122. The zero-order valence-corrected chi connectivity index (χ0v) is 6.13. The molecular weight excluding hydrogens is 118 g/mol. The maximum absolute atomic E-state index is 8.59. The number of hydrogen-bond acceptors (Lipinski definition) is 3. The summed E-state index contributed by atoms with van der Waals surface area (Å²) in [6.45, 7) is 5.35. The number of aliphatic hydroxyl groups excluding tert-OH is 1. The maximum Gasteiger partial charge on any atom is 0.119 e. The van der Waals surface area contributed by atoms with Crippen molar-refractivity contribution in [2.24, 2.45) is 0 Å². The Hall–Kier alpha value is -0.120. The summed E-state index contributed by atoms with van der Waals surface area (Å²) in [5, 5.41) is 10.1. The Morgan fingerprint density at radius 1 is 1.44 bits per heavy atom. The van der Waals surface area contributed by atoms with E-state index in [0.29, 0.717) is 6.61 Å². The Kier molecular flexibility index (Phi) is 5.93. The fourth-order valence-electron chi connectivity index (χ4n) is 0.608. The van der Waals surface area contributed by atoms with Gasteiger partial charge in [0.2, 0.25) is 0 Å². The second-order valence-electron chi connectivity index (χ2n) is 1.76. The van der Waals surface area contributed by atoms with Gasteiger partial charge in [-0.25, -0.2) is 0 Å². The molecule has 0 spiro atoms. The molecule has 0 heterocycles. The van der Waals surface area contributed by atoms with Gasteiger partial charge in [0.15, 0.2) is 0 Å². The van der Waals surface area contributed by atoms with E-state index in [2.05, 4.69) is 0 Å². The van der Waals surface area contributed by atoms with E-state index in [1.54, 1.807) is 5.06 Å². The Labute approximate surface area is 56.2 Å². The van der Waals surface area contributed by atoms with Gasteiger partial charge in [-0.2, -0.15) is 5.06 Å². The first-order valence-corrected chi connectivity index (χ1v) is 3.33. The van der Waals surface area contributed by atoms with Gasteiger partial charge < -0.3 is 5.11 Å². The quantitative estimate of drug-likeness (QED) is 0.440. The van der Waals surface area contributed by atoms with E-state index in [1.807, 2.05) is 13.8 Å². The zero-order chi connectivity index (χ0) is 7.11. The molecule has 0 aromatic rings. The van der Waals surface area contributed by atoms with Crippen LogP contribution in [0.25, 0.3) is 0 Å². The predicted octanol–water partition coefficient (Wildman–Crippen LogP) is 0.600. The molecule has 9 heavy (non-hydrogen) atoms. The molecule has 0 rings (SSSR count). The van der Waals surface area contributed by atoms with Gasteiger partial charge in [-0.1, -0.05) is 6.92 Å². The van der Waals surface area contributed by atoms with Crippen LogP contribution in [0.4, 0.5) is 0 Å². The Morgan fingerprint density at radius 2 is 2.11 bits per heavy atom. The summed E-state index contributed by atoms with van der Waals surface area (Å²) in [5.74, 6) is 0. The molecule has 0 atom stereocenters. The number of hydroxylamine groups is 2. The molecule has 0 aliphatic heterocycles. The summed E-state index contributed by atoms with van der Waals surface area (Å²) < 4.78 is 0. The lowest BCUT2D eigenvalue weighted by atomic mass is 10.5. The predicted molar refractivity (Wildman–Crippen MR) is 35.7 cm³/mol. The van der Waals surface area contributed by atoms with Gasteiger partial charge in [-0.05, 0) is 13.3 Å². The summed E-state index contributed by atoms with van der Waals surface area (Å²) in [6.07, 6.45) is 1.00. The van der Waals surface area contributed by atoms with Crippen molar-refractivity contribution in [2.75, 3.05) is 19.9 Å². The highest BCUT2D eigenvalue weighted by molar-refractivity contribution is 4.33. The van der Waals surface area contributed by atoms with Gasteiger partial charge >= 0.3 is 0 Å². The van der Waals surface area contributed by atoms with E-state index in [0.717, 1.165) is 13.0 Å². The van der Waals surface area contributed by atoms with Crippen molar-refractivity contribution >= 4 is 0 Å². The standard InChI is InChI=1S/C6H15NO2/c1-3-5-7(6-8)9-4-2/h8H,3-6H2,1-2H3. The van der Waals surface area contributed by atoms with Crippen LogP contribution in [0, 0.1) is 0 Å². The molecule has 0 unspecified atom stereocenters. The third-order valence-corrected chi connectivity index (χ3v) is 0.942. The van der Waals surface area contributed by atoms with Gasteiger partial charge in [-0.15, -0.1) is 0 Å². The smallest absolute Gasteiger partial charge is 0.119 e.